The fraction of sp³-hybridized carbons (Fsp3) is 0.222. The summed E-state index contributed by atoms with van der Waals surface area (Å²) in [5.41, 5.74) is 0.663. The van der Waals surface area contributed by atoms with Crippen LogP contribution in [0.15, 0.2) is 54.6 Å². The molecule has 0 amide bonds. The highest BCUT2D eigenvalue weighted by Crippen LogP contribution is 2.21. The molecule has 0 aliphatic heterocycles. The summed E-state index contributed by atoms with van der Waals surface area (Å²) < 4.78 is 4.69. The first-order valence-corrected chi connectivity index (χ1v) is 7.18. The summed E-state index contributed by atoms with van der Waals surface area (Å²) in [6, 6.07) is 16.0. The lowest BCUT2D eigenvalue weighted by atomic mass is 9.91. The van der Waals surface area contributed by atoms with Gasteiger partial charge in [-0.15, -0.1) is 0 Å². The number of methoxy groups -OCH3 is 1. The van der Waals surface area contributed by atoms with Gasteiger partial charge in [0.15, 0.2) is 0 Å². The first kappa shape index (κ1) is 16.5. The number of rotatable bonds is 6. The maximum absolute atomic E-state index is 11.8. The first-order valence-electron chi connectivity index (χ1n) is 7.18. The van der Waals surface area contributed by atoms with E-state index < -0.39 is 17.5 Å². The van der Waals surface area contributed by atoms with Crippen LogP contribution in [0.4, 0.5) is 5.69 Å². The molecule has 23 heavy (non-hydrogen) atoms. The van der Waals surface area contributed by atoms with Gasteiger partial charge in [-0.3, -0.25) is 0 Å². The van der Waals surface area contributed by atoms with Gasteiger partial charge >= 0.3 is 11.9 Å². The third kappa shape index (κ3) is 4.10. The molecule has 0 saturated carbocycles. The first-order chi connectivity index (χ1) is 10.9. The van der Waals surface area contributed by atoms with E-state index in [-0.39, 0.29) is 6.42 Å². The van der Waals surface area contributed by atoms with Crippen LogP contribution in [0.2, 0.25) is 0 Å². The maximum Gasteiger partial charge on any atom is 0.337 e. The van der Waals surface area contributed by atoms with E-state index in [0.29, 0.717) is 5.56 Å². The molecule has 0 bridgehead atoms. The van der Waals surface area contributed by atoms with E-state index in [9.17, 15) is 14.7 Å². The minimum Gasteiger partial charge on any atom is -0.480 e. The van der Waals surface area contributed by atoms with Crippen molar-refractivity contribution in [3.63, 3.8) is 0 Å². The molecule has 0 saturated heterocycles. The second-order valence-corrected chi connectivity index (χ2v) is 5.50. The fourth-order valence-corrected chi connectivity index (χ4v) is 2.35. The molecule has 0 radical (unpaired) electrons. The van der Waals surface area contributed by atoms with Gasteiger partial charge in [-0.05, 0) is 36.8 Å². The smallest absolute Gasteiger partial charge is 0.337 e. The van der Waals surface area contributed by atoms with Crippen LogP contribution in [0.25, 0.3) is 0 Å². The molecule has 0 fully saturated rings. The second-order valence-electron chi connectivity index (χ2n) is 5.50. The van der Waals surface area contributed by atoms with E-state index in [1.54, 1.807) is 31.2 Å². The summed E-state index contributed by atoms with van der Waals surface area (Å²) in [5.74, 6) is -1.41. The van der Waals surface area contributed by atoms with Crippen LogP contribution in [0.3, 0.4) is 0 Å². The van der Waals surface area contributed by atoms with Crippen molar-refractivity contribution in [2.24, 2.45) is 0 Å². The quantitative estimate of drug-likeness (QED) is 0.802. The summed E-state index contributed by atoms with van der Waals surface area (Å²) in [6.07, 6.45) is 0.224. The minimum absolute atomic E-state index is 0.224. The second kappa shape index (κ2) is 6.96. The summed E-state index contributed by atoms with van der Waals surface area (Å²) in [4.78, 5) is 23.4. The van der Waals surface area contributed by atoms with Gasteiger partial charge in [0.25, 0.3) is 0 Å². The number of carboxylic acid groups (broad SMARTS) is 1. The summed E-state index contributed by atoms with van der Waals surface area (Å²) in [5, 5.41) is 12.7. The van der Waals surface area contributed by atoms with Crippen LogP contribution in [0.1, 0.15) is 22.8 Å². The highest BCUT2D eigenvalue weighted by molar-refractivity contribution is 5.89. The average molecular weight is 313 g/mol. The van der Waals surface area contributed by atoms with Gasteiger partial charge in [0, 0.05) is 12.1 Å². The Kier molecular flexibility index (Phi) is 5.01. The van der Waals surface area contributed by atoms with Crippen molar-refractivity contribution < 1.29 is 19.4 Å². The zero-order chi connectivity index (χ0) is 16.9. The van der Waals surface area contributed by atoms with Crippen molar-refractivity contribution >= 4 is 17.6 Å². The van der Waals surface area contributed by atoms with Gasteiger partial charge in [-0.1, -0.05) is 30.3 Å². The standard InChI is InChI=1S/C18H19NO4/c1-18(17(21)22,19-15-9-4-3-5-10-15)12-13-7-6-8-14(11-13)16(20)23-2/h3-11,19H,12H2,1-2H3,(H,21,22)/t18-/m0/s1. The molecule has 0 unspecified atom stereocenters. The van der Waals surface area contributed by atoms with Gasteiger partial charge in [0.1, 0.15) is 5.54 Å². The number of nitrogens with one attached hydrogen (secondary N) is 1. The molecule has 0 aliphatic carbocycles. The number of carbonyl (C=O) groups is 2. The number of carbonyl (C=O) groups excluding carboxylic acids is 1. The SMILES string of the molecule is COC(=O)c1cccc(C[C@](C)(Nc2ccccc2)C(=O)O)c1. The van der Waals surface area contributed by atoms with Gasteiger partial charge in [-0.2, -0.15) is 0 Å². The molecule has 2 rings (SSSR count). The molecule has 2 aromatic carbocycles. The highest BCUT2D eigenvalue weighted by Gasteiger charge is 2.33. The number of hydrogen-bond donors (Lipinski definition) is 2. The molecule has 2 N–H and O–H groups in total. The molecule has 120 valence electrons. The lowest BCUT2D eigenvalue weighted by molar-refractivity contribution is -0.141. The predicted molar refractivity (Wildman–Crippen MR) is 87.6 cm³/mol. The van der Waals surface area contributed by atoms with E-state index in [4.69, 9.17) is 4.74 Å². The monoisotopic (exact) mass is 313 g/mol. The van der Waals surface area contributed by atoms with Crippen molar-refractivity contribution in [1.29, 1.82) is 0 Å². The summed E-state index contributed by atoms with van der Waals surface area (Å²) in [7, 11) is 1.31. The largest absolute Gasteiger partial charge is 0.480 e. The van der Waals surface area contributed by atoms with Gasteiger partial charge < -0.3 is 15.2 Å². The number of para-hydroxylation sites is 1. The Hall–Kier alpha value is -2.82. The van der Waals surface area contributed by atoms with Crippen LogP contribution >= 0.6 is 0 Å². The van der Waals surface area contributed by atoms with Gasteiger partial charge in [-0.25, -0.2) is 9.59 Å². The lowest BCUT2D eigenvalue weighted by Gasteiger charge is -2.27. The van der Waals surface area contributed by atoms with E-state index in [2.05, 4.69) is 5.32 Å². The number of carboxylic acids is 1. The zero-order valence-corrected chi connectivity index (χ0v) is 13.1. The Labute approximate surface area is 134 Å². The molecular weight excluding hydrogens is 294 g/mol. The summed E-state index contributed by atoms with van der Waals surface area (Å²) in [6.45, 7) is 1.62. The van der Waals surface area contributed by atoms with Gasteiger partial charge in [0.2, 0.25) is 0 Å². The van der Waals surface area contributed by atoms with Gasteiger partial charge in [0.05, 0.1) is 12.7 Å². The number of anilines is 1. The molecule has 0 aromatic heterocycles. The minimum atomic E-state index is -1.20. The number of benzene rings is 2. The van der Waals surface area contributed by atoms with E-state index >= 15 is 0 Å². The molecular formula is C18H19NO4. The van der Waals surface area contributed by atoms with Crippen LogP contribution in [0, 0.1) is 0 Å². The Morgan fingerprint density at radius 1 is 1.13 bits per heavy atom. The molecule has 2 aromatic rings. The fourth-order valence-electron chi connectivity index (χ4n) is 2.35. The Bertz CT molecular complexity index is 699. The normalized spacial score (nSPS) is 13.0. The van der Waals surface area contributed by atoms with E-state index in [0.717, 1.165) is 11.3 Å². The lowest BCUT2D eigenvalue weighted by Crippen LogP contribution is -2.45. The zero-order valence-electron chi connectivity index (χ0n) is 13.1. The van der Waals surface area contributed by atoms with Crippen molar-refractivity contribution in [1.82, 2.24) is 0 Å². The Morgan fingerprint density at radius 3 is 2.43 bits per heavy atom. The molecule has 0 aliphatic rings. The molecule has 0 spiro atoms. The highest BCUT2D eigenvalue weighted by atomic mass is 16.5. The van der Waals surface area contributed by atoms with Crippen LogP contribution < -0.4 is 5.32 Å². The number of aliphatic carboxylic acids is 1. The third-order valence-corrected chi connectivity index (χ3v) is 3.57. The number of hydrogen-bond acceptors (Lipinski definition) is 4. The molecule has 1 atom stereocenters. The molecule has 5 nitrogen and oxygen atoms in total. The van der Waals surface area contributed by atoms with Crippen LogP contribution in [0.5, 0.6) is 0 Å². The topological polar surface area (TPSA) is 75.6 Å². The Balaban J connectivity index is 2.26. The van der Waals surface area contributed by atoms with E-state index in [1.807, 2.05) is 30.3 Å². The predicted octanol–water partition coefficient (Wildman–Crippen LogP) is 2.97. The summed E-state index contributed by atoms with van der Waals surface area (Å²) >= 11 is 0. The number of ether oxygens (including phenoxy) is 1. The average Bonchev–Trinajstić information content (AvgIpc) is 2.55. The van der Waals surface area contributed by atoms with Crippen molar-refractivity contribution in [2.45, 2.75) is 18.9 Å². The molecule has 5 heteroatoms. The van der Waals surface area contributed by atoms with Crippen molar-refractivity contribution in [3.8, 4) is 0 Å². The van der Waals surface area contributed by atoms with Crippen LogP contribution in [-0.4, -0.2) is 29.7 Å². The Morgan fingerprint density at radius 2 is 1.83 bits per heavy atom. The van der Waals surface area contributed by atoms with Crippen molar-refractivity contribution in [2.75, 3.05) is 12.4 Å². The third-order valence-electron chi connectivity index (χ3n) is 3.57. The van der Waals surface area contributed by atoms with Crippen LogP contribution in [-0.2, 0) is 16.0 Å². The van der Waals surface area contributed by atoms with E-state index in [1.165, 1.54) is 7.11 Å². The van der Waals surface area contributed by atoms with Crippen molar-refractivity contribution in [3.05, 3.63) is 65.7 Å². The maximum atomic E-state index is 11.8. The molecule has 0 heterocycles. The number of esters is 1.